The highest BCUT2D eigenvalue weighted by molar-refractivity contribution is 5.79. The molecule has 0 amide bonds. The predicted molar refractivity (Wildman–Crippen MR) is 90.6 cm³/mol. The maximum Gasteiger partial charge on any atom is 0.270 e. The standard InChI is InChI=1S/C18H13N3O3/c1-11-5-6-14-15(9-11)20-18(19-14)17-8-7-16(24-17)12-3-2-4-13(10-12)21(22)23/h2-10H,1H3,(H,19,20). The van der Waals surface area contributed by atoms with E-state index in [1.165, 1.54) is 12.1 Å². The Kier molecular flexibility index (Phi) is 3.16. The third-order valence-electron chi connectivity index (χ3n) is 3.82. The summed E-state index contributed by atoms with van der Waals surface area (Å²) in [6.45, 7) is 2.02. The second-order valence-electron chi connectivity index (χ2n) is 5.58. The van der Waals surface area contributed by atoms with Gasteiger partial charge in [-0.2, -0.15) is 0 Å². The molecule has 118 valence electrons. The summed E-state index contributed by atoms with van der Waals surface area (Å²) in [5.41, 5.74) is 3.64. The molecule has 2 aromatic carbocycles. The number of hydrogen-bond acceptors (Lipinski definition) is 4. The van der Waals surface area contributed by atoms with Gasteiger partial charge in [-0.3, -0.25) is 10.1 Å². The zero-order valence-electron chi connectivity index (χ0n) is 12.8. The number of aromatic nitrogens is 2. The third kappa shape index (κ3) is 2.44. The Hall–Kier alpha value is -3.41. The summed E-state index contributed by atoms with van der Waals surface area (Å²) >= 11 is 0. The molecule has 0 radical (unpaired) electrons. The molecular formula is C18H13N3O3. The van der Waals surface area contributed by atoms with Crippen LogP contribution in [0.1, 0.15) is 5.56 Å². The SMILES string of the molecule is Cc1ccc2nc(-c3ccc(-c4cccc([N+](=O)[O-])c4)o3)[nH]c2c1. The molecule has 6 heteroatoms. The number of aromatic amines is 1. The number of hydrogen-bond donors (Lipinski definition) is 1. The van der Waals surface area contributed by atoms with Crippen molar-refractivity contribution in [1.82, 2.24) is 9.97 Å². The number of nitrogens with zero attached hydrogens (tertiary/aromatic N) is 2. The number of H-pyrrole nitrogens is 1. The van der Waals surface area contributed by atoms with Gasteiger partial charge >= 0.3 is 0 Å². The van der Waals surface area contributed by atoms with Crippen LogP contribution in [-0.2, 0) is 0 Å². The molecule has 0 aliphatic rings. The van der Waals surface area contributed by atoms with E-state index in [9.17, 15) is 10.1 Å². The zero-order chi connectivity index (χ0) is 16.7. The van der Waals surface area contributed by atoms with Crippen LogP contribution in [0.4, 0.5) is 5.69 Å². The minimum Gasteiger partial charge on any atom is -0.453 e. The lowest BCUT2D eigenvalue weighted by Gasteiger charge is -1.97. The van der Waals surface area contributed by atoms with Crippen molar-refractivity contribution in [1.29, 1.82) is 0 Å². The van der Waals surface area contributed by atoms with Crippen LogP contribution >= 0.6 is 0 Å². The van der Waals surface area contributed by atoms with E-state index in [0.29, 0.717) is 22.9 Å². The van der Waals surface area contributed by atoms with E-state index >= 15 is 0 Å². The van der Waals surface area contributed by atoms with Crippen molar-refractivity contribution in [2.24, 2.45) is 0 Å². The van der Waals surface area contributed by atoms with E-state index in [1.807, 2.05) is 25.1 Å². The van der Waals surface area contributed by atoms with Crippen molar-refractivity contribution in [2.75, 3.05) is 0 Å². The van der Waals surface area contributed by atoms with Crippen molar-refractivity contribution in [3.8, 4) is 22.9 Å². The largest absolute Gasteiger partial charge is 0.453 e. The summed E-state index contributed by atoms with van der Waals surface area (Å²) in [6, 6.07) is 15.9. The van der Waals surface area contributed by atoms with Crippen LogP contribution in [0, 0.1) is 17.0 Å². The van der Waals surface area contributed by atoms with E-state index in [1.54, 1.807) is 24.3 Å². The summed E-state index contributed by atoms with van der Waals surface area (Å²) in [4.78, 5) is 18.2. The number of non-ortho nitro benzene ring substituents is 1. The van der Waals surface area contributed by atoms with Gasteiger partial charge < -0.3 is 9.40 Å². The number of furan rings is 1. The minimum absolute atomic E-state index is 0.0321. The van der Waals surface area contributed by atoms with Gasteiger partial charge in [0, 0.05) is 17.7 Å². The first-order valence-electron chi connectivity index (χ1n) is 7.41. The van der Waals surface area contributed by atoms with Crippen LogP contribution in [0.25, 0.3) is 33.9 Å². The fraction of sp³-hybridized carbons (Fsp3) is 0.0556. The molecule has 0 aliphatic heterocycles. The summed E-state index contributed by atoms with van der Waals surface area (Å²) < 4.78 is 5.83. The lowest BCUT2D eigenvalue weighted by Crippen LogP contribution is -1.87. The number of nitrogens with one attached hydrogen (secondary N) is 1. The highest BCUT2D eigenvalue weighted by atomic mass is 16.6. The van der Waals surface area contributed by atoms with Crippen molar-refractivity contribution in [3.63, 3.8) is 0 Å². The monoisotopic (exact) mass is 319 g/mol. The molecule has 1 N–H and O–H groups in total. The van der Waals surface area contributed by atoms with Gasteiger partial charge in [0.1, 0.15) is 5.76 Å². The van der Waals surface area contributed by atoms with Crippen LogP contribution in [0.5, 0.6) is 0 Å². The van der Waals surface area contributed by atoms with Crippen molar-refractivity contribution in [2.45, 2.75) is 6.92 Å². The fourth-order valence-corrected chi connectivity index (χ4v) is 2.63. The Morgan fingerprint density at radius 1 is 1.08 bits per heavy atom. The number of nitro groups is 1. The van der Waals surface area contributed by atoms with Crippen molar-refractivity contribution < 1.29 is 9.34 Å². The second-order valence-corrected chi connectivity index (χ2v) is 5.58. The van der Waals surface area contributed by atoms with E-state index in [2.05, 4.69) is 9.97 Å². The Labute approximate surface area is 136 Å². The van der Waals surface area contributed by atoms with Gasteiger partial charge in [0.2, 0.25) is 0 Å². The Balaban J connectivity index is 1.73. The maximum absolute atomic E-state index is 10.9. The first kappa shape index (κ1) is 14.2. The van der Waals surface area contributed by atoms with Crippen LogP contribution < -0.4 is 0 Å². The second kappa shape index (κ2) is 5.34. The molecule has 0 unspecified atom stereocenters. The molecule has 0 saturated carbocycles. The highest BCUT2D eigenvalue weighted by Crippen LogP contribution is 2.30. The number of fused-ring (bicyclic) bond motifs is 1. The topological polar surface area (TPSA) is 85.0 Å². The fourth-order valence-electron chi connectivity index (χ4n) is 2.63. The molecule has 24 heavy (non-hydrogen) atoms. The lowest BCUT2D eigenvalue weighted by atomic mass is 10.1. The van der Waals surface area contributed by atoms with Gasteiger partial charge in [-0.05, 0) is 36.8 Å². The summed E-state index contributed by atoms with van der Waals surface area (Å²) in [7, 11) is 0. The molecule has 0 atom stereocenters. The number of imidazole rings is 1. The Morgan fingerprint density at radius 2 is 1.92 bits per heavy atom. The molecule has 6 nitrogen and oxygen atoms in total. The Morgan fingerprint density at radius 3 is 2.75 bits per heavy atom. The molecule has 2 aromatic heterocycles. The molecular weight excluding hydrogens is 306 g/mol. The van der Waals surface area contributed by atoms with E-state index in [4.69, 9.17) is 4.42 Å². The van der Waals surface area contributed by atoms with Gasteiger partial charge in [-0.15, -0.1) is 0 Å². The van der Waals surface area contributed by atoms with Crippen LogP contribution in [0.15, 0.2) is 59.0 Å². The van der Waals surface area contributed by atoms with Gasteiger partial charge in [-0.1, -0.05) is 18.2 Å². The maximum atomic E-state index is 10.9. The lowest BCUT2D eigenvalue weighted by molar-refractivity contribution is -0.384. The van der Waals surface area contributed by atoms with E-state index < -0.39 is 4.92 Å². The van der Waals surface area contributed by atoms with Gasteiger partial charge in [0.05, 0.1) is 16.0 Å². The first-order chi connectivity index (χ1) is 11.6. The highest BCUT2D eigenvalue weighted by Gasteiger charge is 2.13. The quantitative estimate of drug-likeness (QED) is 0.438. The predicted octanol–water partition coefficient (Wildman–Crippen LogP) is 4.71. The number of nitro benzene ring substituents is 1. The van der Waals surface area contributed by atoms with Crippen molar-refractivity contribution in [3.05, 3.63) is 70.3 Å². The van der Waals surface area contributed by atoms with Crippen LogP contribution in [0.2, 0.25) is 0 Å². The molecule has 4 aromatic rings. The number of benzene rings is 2. The van der Waals surface area contributed by atoms with Crippen LogP contribution in [-0.4, -0.2) is 14.9 Å². The van der Waals surface area contributed by atoms with Gasteiger partial charge in [0.15, 0.2) is 11.6 Å². The number of rotatable bonds is 3. The smallest absolute Gasteiger partial charge is 0.270 e. The molecule has 4 rings (SSSR count). The first-order valence-corrected chi connectivity index (χ1v) is 7.41. The van der Waals surface area contributed by atoms with Gasteiger partial charge in [0.25, 0.3) is 5.69 Å². The molecule has 0 aliphatic carbocycles. The Bertz CT molecular complexity index is 1060. The summed E-state index contributed by atoms with van der Waals surface area (Å²) in [5.74, 6) is 1.78. The molecule has 0 spiro atoms. The molecule has 0 fully saturated rings. The average Bonchev–Trinajstić information content (AvgIpc) is 3.21. The normalized spacial score (nSPS) is 11.0. The average molecular weight is 319 g/mol. The van der Waals surface area contributed by atoms with Crippen molar-refractivity contribution >= 4 is 16.7 Å². The molecule has 0 bridgehead atoms. The van der Waals surface area contributed by atoms with E-state index in [0.717, 1.165) is 16.6 Å². The minimum atomic E-state index is -0.422. The summed E-state index contributed by atoms with van der Waals surface area (Å²) in [6.07, 6.45) is 0. The van der Waals surface area contributed by atoms with Crippen LogP contribution in [0.3, 0.4) is 0 Å². The van der Waals surface area contributed by atoms with E-state index in [-0.39, 0.29) is 5.69 Å². The number of aryl methyl sites for hydroxylation is 1. The summed E-state index contributed by atoms with van der Waals surface area (Å²) in [5, 5.41) is 10.9. The molecule has 0 saturated heterocycles. The van der Waals surface area contributed by atoms with Gasteiger partial charge in [-0.25, -0.2) is 4.98 Å². The molecule has 2 heterocycles. The zero-order valence-corrected chi connectivity index (χ0v) is 12.8. The third-order valence-corrected chi connectivity index (χ3v) is 3.82.